The van der Waals surface area contributed by atoms with E-state index in [9.17, 15) is 22.9 Å². The number of hydrazine groups is 1. The predicted molar refractivity (Wildman–Crippen MR) is 79.1 cm³/mol. The normalized spacial score (nSPS) is 11.4. The first-order valence-corrected chi connectivity index (χ1v) is 8.64. The number of nitro groups is 1. The Hall–Kier alpha value is -1.43. The van der Waals surface area contributed by atoms with Crippen LogP contribution in [0.5, 0.6) is 0 Å². The molecule has 21 heavy (non-hydrogen) atoms. The number of hydrogen-bond donors (Lipinski definition) is 3. The third kappa shape index (κ3) is 4.52. The van der Waals surface area contributed by atoms with E-state index in [4.69, 9.17) is 5.84 Å². The van der Waals surface area contributed by atoms with E-state index in [0.29, 0.717) is 12.5 Å². The lowest BCUT2D eigenvalue weighted by Crippen LogP contribution is -2.27. The number of non-ortho nitro benzene ring substituents is 1. The van der Waals surface area contributed by atoms with Crippen LogP contribution in [0.2, 0.25) is 0 Å². The predicted octanol–water partition coefficient (Wildman–Crippen LogP) is 1.05. The summed E-state index contributed by atoms with van der Waals surface area (Å²) in [5.41, 5.74) is 1.00. The van der Waals surface area contributed by atoms with Crippen molar-refractivity contribution in [1.82, 2.24) is 4.72 Å². The summed E-state index contributed by atoms with van der Waals surface area (Å²) >= 11 is 1.55. The first-order chi connectivity index (χ1) is 9.83. The Labute approximate surface area is 125 Å². The van der Waals surface area contributed by atoms with E-state index in [0.717, 1.165) is 11.8 Å². The highest BCUT2D eigenvalue weighted by Gasteiger charge is 2.26. The van der Waals surface area contributed by atoms with Crippen molar-refractivity contribution >= 4 is 33.2 Å². The second-order valence-corrected chi connectivity index (χ2v) is 6.64. The van der Waals surface area contributed by atoms with Gasteiger partial charge in [0, 0.05) is 12.6 Å². The first kappa shape index (κ1) is 17.6. The molecule has 1 rings (SSSR count). The molecule has 0 saturated heterocycles. The number of nitrogen functional groups attached to an aromatic ring is 1. The average molecular weight is 338 g/mol. The number of anilines is 1. The van der Waals surface area contributed by atoms with Crippen molar-refractivity contribution < 1.29 is 17.7 Å². The van der Waals surface area contributed by atoms with Crippen LogP contribution in [0.15, 0.2) is 17.0 Å². The molecule has 8 nitrogen and oxygen atoms in total. The van der Waals surface area contributed by atoms with Crippen LogP contribution in [0.25, 0.3) is 0 Å². The standard InChI is InChI=1S/C10H15FN4O4S2/c1-20-4-2-3-13-21(18,19)10-8(11)5-7(15(16)17)6-9(10)14-12/h5-6,13-14H,2-4,12H2,1H3. The van der Waals surface area contributed by atoms with Crippen molar-refractivity contribution in [2.75, 3.05) is 24.0 Å². The molecule has 11 heteroatoms. The monoisotopic (exact) mass is 338 g/mol. The van der Waals surface area contributed by atoms with E-state index in [1.165, 1.54) is 0 Å². The van der Waals surface area contributed by atoms with Crippen LogP contribution in [0, 0.1) is 15.9 Å². The Balaban J connectivity index is 3.13. The van der Waals surface area contributed by atoms with Crippen LogP contribution in [-0.2, 0) is 10.0 Å². The molecule has 0 unspecified atom stereocenters. The Morgan fingerprint density at radius 3 is 2.67 bits per heavy atom. The van der Waals surface area contributed by atoms with Crippen molar-refractivity contribution in [2.24, 2.45) is 5.84 Å². The second kappa shape index (κ2) is 7.54. The van der Waals surface area contributed by atoms with Gasteiger partial charge in [-0.1, -0.05) is 0 Å². The van der Waals surface area contributed by atoms with Gasteiger partial charge in [-0.05, 0) is 18.4 Å². The molecule has 0 saturated carbocycles. The Kier molecular flexibility index (Phi) is 6.33. The highest BCUT2D eigenvalue weighted by atomic mass is 32.2. The average Bonchev–Trinajstić information content (AvgIpc) is 2.42. The molecule has 118 valence electrons. The van der Waals surface area contributed by atoms with Crippen LogP contribution in [-0.4, -0.2) is 31.9 Å². The maximum absolute atomic E-state index is 13.9. The minimum atomic E-state index is -4.16. The van der Waals surface area contributed by atoms with Gasteiger partial charge in [-0.3, -0.25) is 16.0 Å². The summed E-state index contributed by atoms with van der Waals surface area (Å²) in [6, 6.07) is 1.40. The van der Waals surface area contributed by atoms with Gasteiger partial charge in [-0.25, -0.2) is 17.5 Å². The number of benzene rings is 1. The zero-order chi connectivity index (χ0) is 16.0. The zero-order valence-electron chi connectivity index (χ0n) is 11.1. The van der Waals surface area contributed by atoms with Gasteiger partial charge in [-0.2, -0.15) is 11.8 Å². The lowest BCUT2D eigenvalue weighted by molar-refractivity contribution is -0.385. The molecule has 4 N–H and O–H groups in total. The number of sulfonamides is 1. The van der Waals surface area contributed by atoms with Gasteiger partial charge < -0.3 is 5.43 Å². The number of nitrogens with two attached hydrogens (primary N) is 1. The lowest BCUT2D eigenvalue weighted by atomic mass is 10.3. The maximum atomic E-state index is 13.9. The van der Waals surface area contributed by atoms with Gasteiger partial charge >= 0.3 is 0 Å². The van der Waals surface area contributed by atoms with E-state index in [-0.39, 0.29) is 12.2 Å². The van der Waals surface area contributed by atoms with Crippen LogP contribution in [0.1, 0.15) is 6.42 Å². The summed E-state index contributed by atoms with van der Waals surface area (Å²) in [5, 5.41) is 10.6. The van der Waals surface area contributed by atoms with E-state index >= 15 is 0 Å². The van der Waals surface area contributed by atoms with Crippen LogP contribution < -0.4 is 16.0 Å². The van der Waals surface area contributed by atoms with Gasteiger partial charge in [0.25, 0.3) is 5.69 Å². The molecule has 0 heterocycles. The molecular weight excluding hydrogens is 323 g/mol. The molecule has 0 bridgehead atoms. The quantitative estimate of drug-likeness (QED) is 0.280. The largest absolute Gasteiger partial charge is 0.323 e. The number of hydrogen-bond acceptors (Lipinski definition) is 7. The number of rotatable bonds is 8. The van der Waals surface area contributed by atoms with Crippen molar-refractivity contribution in [3.05, 3.63) is 28.1 Å². The van der Waals surface area contributed by atoms with Gasteiger partial charge in [0.15, 0.2) is 5.82 Å². The van der Waals surface area contributed by atoms with E-state index in [1.54, 1.807) is 11.8 Å². The van der Waals surface area contributed by atoms with Gasteiger partial charge in [0.05, 0.1) is 16.7 Å². The number of nitrogens with zero attached hydrogens (tertiary/aromatic N) is 1. The summed E-state index contributed by atoms with van der Waals surface area (Å²) in [7, 11) is -4.16. The van der Waals surface area contributed by atoms with Crippen LogP contribution in [0.4, 0.5) is 15.8 Å². The highest BCUT2D eigenvalue weighted by molar-refractivity contribution is 7.98. The Morgan fingerprint density at radius 2 is 2.14 bits per heavy atom. The molecular formula is C10H15FN4O4S2. The fourth-order valence-electron chi connectivity index (χ4n) is 1.56. The van der Waals surface area contributed by atoms with Crippen LogP contribution >= 0.6 is 11.8 Å². The molecule has 0 aromatic heterocycles. The number of nitro benzene ring substituents is 1. The third-order valence-electron chi connectivity index (χ3n) is 2.48. The SMILES string of the molecule is CSCCCNS(=O)(=O)c1c(F)cc([N+](=O)[O-])cc1NN. The first-order valence-electron chi connectivity index (χ1n) is 5.76. The number of thioether (sulfide) groups is 1. The summed E-state index contributed by atoms with van der Waals surface area (Å²) in [4.78, 5) is 9.05. The Morgan fingerprint density at radius 1 is 1.48 bits per heavy atom. The Bertz CT molecular complexity index is 624. The maximum Gasteiger partial charge on any atom is 0.274 e. The number of nitrogens with one attached hydrogen (secondary N) is 2. The molecule has 1 aromatic carbocycles. The van der Waals surface area contributed by atoms with E-state index in [2.05, 4.69) is 4.72 Å². The van der Waals surface area contributed by atoms with Crippen molar-refractivity contribution in [3.63, 3.8) is 0 Å². The minimum absolute atomic E-state index is 0.129. The number of halogens is 1. The van der Waals surface area contributed by atoms with Crippen molar-refractivity contribution in [2.45, 2.75) is 11.3 Å². The summed E-state index contributed by atoms with van der Waals surface area (Å²) in [6.07, 6.45) is 2.45. The molecule has 0 radical (unpaired) electrons. The molecule has 0 fully saturated rings. The third-order valence-corrected chi connectivity index (χ3v) is 4.71. The minimum Gasteiger partial charge on any atom is -0.323 e. The van der Waals surface area contributed by atoms with Crippen molar-refractivity contribution in [3.8, 4) is 0 Å². The molecule has 0 amide bonds. The fraction of sp³-hybridized carbons (Fsp3) is 0.400. The van der Waals surface area contributed by atoms with E-state index < -0.39 is 31.3 Å². The molecule has 0 atom stereocenters. The molecule has 0 spiro atoms. The van der Waals surface area contributed by atoms with Gasteiger partial charge in [0.2, 0.25) is 10.0 Å². The second-order valence-electron chi connectivity index (χ2n) is 3.95. The van der Waals surface area contributed by atoms with Crippen molar-refractivity contribution in [1.29, 1.82) is 0 Å². The molecule has 1 aromatic rings. The lowest BCUT2D eigenvalue weighted by Gasteiger charge is -2.11. The highest BCUT2D eigenvalue weighted by Crippen LogP contribution is 2.29. The summed E-state index contributed by atoms with van der Waals surface area (Å²) < 4.78 is 40.2. The molecule has 0 aliphatic rings. The smallest absolute Gasteiger partial charge is 0.274 e. The summed E-state index contributed by atoms with van der Waals surface area (Å²) in [6.45, 7) is 0.129. The summed E-state index contributed by atoms with van der Waals surface area (Å²) in [5.74, 6) is 4.63. The zero-order valence-corrected chi connectivity index (χ0v) is 12.8. The topological polar surface area (TPSA) is 127 Å². The van der Waals surface area contributed by atoms with Gasteiger partial charge in [-0.15, -0.1) is 0 Å². The molecule has 0 aliphatic carbocycles. The van der Waals surface area contributed by atoms with Crippen LogP contribution in [0.3, 0.4) is 0 Å². The van der Waals surface area contributed by atoms with E-state index in [1.807, 2.05) is 11.7 Å². The fourth-order valence-corrected chi connectivity index (χ4v) is 3.27. The van der Waals surface area contributed by atoms with Gasteiger partial charge in [0.1, 0.15) is 4.90 Å². The molecule has 0 aliphatic heterocycles.